The Morgan fingerprint density at radius 1 is 1.11 bits per heavy atom. The fourth-order valence-corrected chi connectivity index (χ4v) is 2.40. The van der Waals surface area contributed by atoms with E-state index in [0.29, 0.717) is 17.2 Å². The summed E-state index contributed by atoms with van der Waals surface area (Å²) in [7, 11) is 0. The van der Waals surface area contributed by atoms with Crippen molar-refractivity contribution in [2.24, 2.45) is 0 Å². The molecule has 1 heterocycles. The van der Waals surface area contributed by atoms with E-state index < -0.39 is 18.6 Å². The first-order valence-electron chi connectivity index (χ1n) is 7.81. The van der Waals surface area contributed by atoms with E-state index in [4.69, 9.17) is 21.7 Å². The number of halogens is 2. The average molecular weight is 395 g/mol. The van der Waals surface area contributed by atoms with Crippen LogP contribution < -0.4 is 30.4 Å². The van der Waals surface area contributed by atoms with Gasteiger partial charge in [0.25, 0.3) is 5.91 Å². The van der Waals surface area contributed by atoms with Gasteiger partial charge in [-0.25, -0.2) is 0 Å². The molecule has 1 aliphatic rings. The maximum Gasteiger partial charge on any atom is 0.387 e. The van der Waals surface area contributed by atoms with Gasteiger partial charge in [-0.1, -0.05) is 12.1 Å². The van der Waals surface area contributed by atoms with Crippen LogP contribution in [-0.4, -0.2) is 30.3 Å². The molecular formula is C17H15F2N3O4S. The van der Waals surface area contributed by atoms with Crippen LogP contribution in [0.5, 0.6) is 17.2 Å². The van der Waals surface area contributed by atoms with Gasteiger partial charge in [0.15, 0.2) is 16.6 Å². The fourth-order valence-electron chi connectivity index (χ4n) is 2.23. The van der Waals surface area contributed by atoms with Gasteiger partial charge in [-0.3, -0.25) is 15.6 Å². The van der Waals surface area contributed by atoms with Crippen LogP contribution in [0.2, 0.25) is 0 Å². The number of amides is 1. The second kappa shape index (κ2) is 8.49. The zero-order valence-electron chi connectivity index (χ0n) is 13.8. The Morgan fingerprint density at radius 3 is 2.52 bits per heavy atom. The van der Waals surface area contributed by atoms with Crippen LogP contribution in [0.3, 0.4) is 0 Å². The monoisotopic (exact) mass is 395 g/mol. The maximum atomic E-state index is 12.2. The van der Waals surface area contributed by atoms with Crippen molar-refractivity contribution in [3.63, 3.8) is 0 Å². The highest BCUT2D eigenvalue weighted by atomic mass is 32.1. The first-order valence-corrected chi connectivity index (χ1v) is 8.22. The van der Waals surface area contributed by atoms with Crippen molar-refractivity contribution in [3.05, 3.63) is 48.5 Å². The zero-order chi connectivity index (χ0) is 19.2. The Hall–Kier alpha value is -3.14. The van der Waals surface area contributed by atoms with E-state index in [-0.39, 0.29) is 17.5 Å². The first kappa shape index (κ1) is 18.6. The number of benzene rings is 2. The summed E-state index contributed by atoms with van der Waals surface area (Å²) in [5, 5.41) is 2.89. The quantitative estimate of drug-likeness (QED) is 0.542. The van der Waals surface area contributed by atoms with Crippen LogP contribution in [0.4, 0.5) is 14.5 Å². The van der Waals surface area contributed by atoms with E-state index >= 15 is 0 Å². The van der Waals surface area contributed by atoms with Crippen LogP contribution in [0.25, 0.3) is 0 Å². The minimum atomic E-state index is -2.89. The number of fused-ring (bicyclic) bond motifs is 1. The van der Waals surface area contributed by atoms with Crippen LogP contribution in [-0.2, 0) is 4.79 Å². The molecule has 0 aliphatic carbocycles. The Labute approximate surface area is 158 Å². The Kier molecular flexibility index (Phi) is 5.87. The minimum Gasteiger partial charge on any atom is -0.485 e. The molecule has 0 saturated heterocycles. The highest BCUT2D eigenvalue weighted by molar-refractivity contribution is 7.80. The number of hydrazine groups is 1. The maximum absolute atomic E-state index is 12.2. The lowest BCUT2D eigenvalue weighted by Gasteiger charge is -2.25. The Bertz CT molecular complexity index is 820. The molecule has 0 spiro atoms. The number of rotatable bonds is 4. The standard InChI is InChI=1S/C17H15F2N3O4S/c18-16(19)25-11-7-5-10(6-8-11)20-17(27)22-21-15(23)14-9-24-12-3-1-2-4-13(12)26-14/h1-8,14,16H,9H2,(H,21,23)(H2,20,22,27). The average Bonchev–Trinajstić information content (AvgIpc) is 2.67. The SMILES string of the molecule is O=C(NNC(=S)Nc1ccc(OC(F)F)cc1)C1COc2ccccc2O1. The van der Waals surface area contributed by atoms with Crippen LogP contribution in [0.1, 0.15) is 0 Å². The van der Waals surface area contributed by atoms with Crippen molar-refractivity contribution in [2.45, 2.75) is 12.7 Å². The van der Waals surface area contributed by atoms with Crippen molar-refractivity contribution in [3.8, 4) is 17.2 Å². The lowest BCUT2D eigenvalue weighted by molar-refractivity contribution is -0.130. The smallest absolute Gasteiger partial charge is 0.387 e. The number of hydrogen-bond donors (Lipinski definition) is 3. The second-order valence-electron chi connectivity index (χ2n) is 5.34. The molecule has 1 unspecified atom stereocenters. The number of para-hydroxylation sites is 2. The second-order valence-corrected chi connectivity index (χ2v) is 5.74. The molecule has 0 aromatic heterocycles. The summed E-state index contributed by atoms with van der Waals surface area (Å²) < 4.78 is 39.5. The predicted molar refractivity (Wildman–Crippen MR) is 96.9 cm³/mol. The van der Waals surface area contributed by atoms with Gasteiger partial charge in [0.2, 0.25) is 6.10 Å². The molecule has 1 amide bonds. The molecule has 2 aromatic rings. The highest BCUT2D eigenvalue weighted by Crippen LogP contribution is 2.30. The van der Waals surface area contributed by atoms with Gasteiger partial charge in [0, 0.05) is 5.69 Å². The third-order valence-corrected chi connectivity index (χ3v) is 3.64. The van der Waals surface area contributed by atoms with Gasteiger partial charge in [-0.2, -0.15) is 8.78 Å². The van der Waals surface area contributed by atoms with Crippen molar-refractivity contribution in [1.82, 2.24) is 10.9 Å². The summed E-state index contributed by atoms with van der Waals surface area (Å²) >= 11 is 5.06. The van der Waals surface area contributed by atoms with Crippen LogP contribution in [0, 0.1) is 0 Å². The van der Waals surface area contributed by atoms with Crippen molar-refractivity contribution in [1.29, 1.82) is 0 Å². The third kappa shape index (κ3) is 5.17. The summed E-state index contributed by atoms with van der Waals surface area (Å²) in [6.45, 7) is -2.82. The Morgan fingerprint density at radius 2 is 1.81 bits per heavy atom. The summed E-state index contributed by atoms with van der Waals surface area (Å²) in [5.74, 6) is 0.619. The fraction of sp³-hybridized carbons (Fsp3) is 0.176. The van der Waals surface area contributed by atoms with E-state index in [1.807, 2.05) is 0 Å². The van der Waals surface area contributed by atoms with E-state index in [2.05, 4.69) is 20.9 Å². The number of anilines is 1. The van der Waals surface area contributed by atoms with E-state index in [9.17, 15) is 13.6 Å². The molecule has 7 nitrogen and oxygen atoms in total. The molecule has 1 aliphatic heterocycles. The molecule has 0 radical (unpaired) electrons. The van der Waals surface area contributed by atoms with Crippen LogP contribution in [0.15, 0.2) is 48.5 Å². The number of carbonyl (C=O) groups is 1. The molecule has 2 aromatic carbocycles. The number of alkyl halides is 2. The molecule has 1 atom stereocenters. The number of hydrogen-bond acceptors (Lipinski definition) is 5. The Balaban J connectivity index is 1.46. The molecule has 0 saturated carbocycles. The molecule has 3 N–H and O–H groups in total. The molecule has 10 heteroatoms. The number of nitrogens with one attached hydrogen (secondary N) is 3. The van der Waals surface area contributed by atoms with Gasteiger partial charge in [-0.15, -0.1) is 0 Å². The van der Waals surface area contributed by atoms with E-state index in [1.54, 1.807) is 24.3 Å². The number of thiocarbonyl (C=S) groups is 1. The summed E-state index contributed by atoms with van der Waals surface area (Å²) in [4.78, 5) is 12.2. The van der Waals surface area contributed by atoms with Crippen molar-refractivity contribution >= 4 is 28.9 Å². The molecule has 0 fully saturated rings. The van der Waals surface area contributed by atoms with Gasteiger partial charge in [-0.05, 0) is 48.6 Å². The largest absolute Gasteiger partial charge is 0.485 e. The normalized spacial score (nSPS) is 15.0. The van der Waals surface area contributed by atoms with E-state index in [1.165, 1.54) is 24.3 Å². The third-order valence-electron chi connectivity index (χ3n) is 3.44. The van der Waals surface area contributed by atoms with Crippen molar-refractivity contribution < 1.29 is 27.8 Å². The molecule has 3 rings (SSSR count). The van der Waals surface area contributed by atoms with Gasteiger partial charge < -0.3 is 19.5 Å². The summed E-state index contributed by atoms with van der Waals surface area (Å²) in [5.41, 5.74) is 5.47. The predicted octanol–water partition coefficient (Wildman–Crippen LogP) is 2.45. The van der Waals surface area contributed by atoms with Crippen molar-refractivity contribution in [2.75, 3.05) is 11.9 Å². The zero-order valence-corrected chi connectivity index (χ0v) is 14.6. The van der Waals surface area contributed by atoms with E-state index in [0.717, 1.165) is 0 Å². The minimum absolute atomic E-state index is 0.0254. The summed E-state index contributed by atoms with van der Waals surface area (Å²) in [6.07, 6.45) is -0.832. The van der Waals surface area contributed by atoms with Gasteiger partial charge in [0.1, 0.15) is 12.4 Å². The molecule has 27 heavy (non-hydrogen) atoms. The summed E-state index contributed by atoms with van der Waals surface area (Å²) in [6, 6.07) is 12.8. The number of carbonyl (C=O) groups excluding carboxylic acids is 1. The molecule has 0 bridgehead atoms. The van der Waals surface area contributed by atoms with Crippen LogP contribution >= 0.6 is 12.2 Å². The molecule has 142 valence electrons. The lowest BCUT2D eigenvalue weighted by atomic mass is 10.2. The lowest BCUT2D eigenvalue weighted by Crippen LogP contribution is -2.51. The topological polar surface area (TPSA) is 80.9 Å². The van der Waals surface area contributed by atoms with Gasteiger partial charge >= 0.3 is 6.61 Å². The number of ether oxygens (including phenoxy) is 3. The first-order chi connectivity index (χ1) is 13.0. The highest BCUT2D eigenvalue weighted by Gasteiger charge is 2.27. The molecular weight excluding hydrogens is 380 g/mol. The van der Waals surface area contributed by atoms with Gasteiger partial charge in [0.05, 0.1) is 0 Å².